The zero-order chi connectivity index (χ0) is 10.8. The molecule has 1 rings (SSSR count). The van der Waals surface area contributed by atoms with Crippen LogP contribution in [0.3, 0.4) is 0 Å². The summed E-state index contributed by atoms with van der Waals surface area (Å²) < 4.78 is 0. The molecular formula is C10H18BrNO2. The highest BCUT2D eigenvalue weighted by atomic mass is 79.9. The van der Waals surface area contributed by atoms with Crippen LogP contribution in [0.4, 0.5) is 0 Å². The van der Waals surface area contributed by atoms with E-state index in [0.717, 1.165) is 6.42 Å². The van der Waals surface area contributed by atoms with Crippen LogP contribution in [-0.2, 0) is 4.79 Å². The van der Waals surface area contributed by atoms with Gasteiger partial charge in [0.15, 0.2) is 0 Å². The fourth-order valence-electron chi connectivity index (χ4n) is 1.58. The van der Waals surface area contributed by atoms with Gasteiger partial charge in [-0.25, -0.2) is 0 Å². The smallest absolute Gasteiger partial charge is 0.236 e. The molecule has 0 aromatic heterocycles. The first-order valence-corrected chi connectivity index (χ1v) is 6.03. The number of hydrogen-bond acceptors (Lipinski definition) is 2. The van der Waals surface area contributed by atoms with Crippen molar-refractivity contribution in [2.24, 2.45) is 0 Å². The van der Waals surface area contributed by atoms with Gasteiger partial charge in [-0.3, -0.25) is 4.79 Å². The van der Waals surface area contributed by atoms with Crippen LogP contribution in [0.15, 0.2) is 0 Å². The first kappa shape index (κ1) is 12.0. The van der Waals surface area contributed by atoms with E-state index in [1.54, 1.807) is 0 Å². The number of rotatable bonds is 2. The lowest BCUT2D eigenvalue weighted by Gasteiger charge is -2.36. The highest BCUT2D eigenvalue weighted by Crippen LogP contribution is 2.22. The lowest BCUT2D eigenvalue weighted by Crippen LogP contribution is -2.47. The van der Waals surface area contributed by atoms with Crippen LogP contribution in [0.5, 0.6) is 0 Å². The minimum atomic E-state index is -0.579. The predicted octanol–water partition coefficient (Wildman–Crippen LogP) is 1.53. The van der Waals surface area contributed by atoms with Gasteiger partial charge in [-0.2, -0.15) is 0 Å². The van der Waals surface area contributed by atoms with Crippen LogP contribution in [0.1, 0.15) is 33.1 Å². The van der Waals surface area contributed by atoms with Crippen LogP contribution in [-0.4, -0.2) is 39.4 Å². The van der Waals surface area contributed by atoms with E-state index in [4.69, 9.17) is 0 Å². The Kier molecular flexibility index (Phi) is 3.95. The first-order chi connectivity index (χ1) is 6.46. The molecule has 1 aliphatic heterocycles. The number of amides is 1. The molecule has 0 aliphatic carbocycles. The molecule has 1 saturated heterocycles. The standard InChI is InChI=1S/C10H18BrNO2/c1-3-8(11)9(13)12-6-4-10(2,14)5-7-12/h8,14H,3-7H2,1-2H3. The van der Waals surface area contributed by atoms with Crippen LogP contribution < -0.4 is 0 Å². The topological polar surface area (TPSA) is 40.5 Å². The molecule has 1 amide bonds. The number of piperidine rings is 1. The number of nitrogens with zero attached hydrogens (tertiary/aromatic N) is 1. The van der Waals surface area contributed by atoms with Gasteiger partial charge in [0.2, 0.25) is 5.91 Å². The Labute approximate surface area is 93.6 Å². The van der Waals surface area contributed by atoms with Gasteiger partial charge in [0.25, 0.3) is 0 Å². The molecule has 0 aromatic carbocycles. The van der Waals surface area contributed by atoms with Crippen molar-refractivity contribution in [3.05, 3.63) is 0 Å². The molecule has 1 aliphatic rings. The Bertz CT molecular complexity index is 208. The average molecular weight is 264 g/mol. The largest absolute Gasteiger partial charge is 0.390 e. The van der Waals surface area contributed by atoms with Crippen LogP contribution >= 0.6 is 15.9 Å². The van der Waals surface area contributed by atoms with Crippen molar-refractivity contribution >= 4 is 21.8 Å². The molecule has 1 unspecified atom stereocenters. The van der Waals surface area contributed by atoms with Gasteiger partial charge in [0.05, 0.1) is 10.4 Å². The summed E-state index contributed by atoms with van der Waals surface area (Å²) in [5.41, 5.74) is -0.579. The van der Waals surface area contributed by atoms with E-state index in [-0.39, 0.29) is 10.7 Å². The van der Waals surface area contributed by atoms with E-state index in [2.05, 4.69) is 15.9 Å². The van der Waals surface area contributed by atoms with Crippen molar-refractivity contribution in [3.8, 4) is 0 Å². The van der Waals surface area contributed by atoms with Crippen LogP contribution in [0, 0.1) is 0 Å². The Morgan fingerprint density at radius 1 is 1.57 bits per heavy atom. The molecule has 1 atom stereocenters. The van der Waals surface area contributed by atoms with Crippen LogP contribution in [0.2, 0.25) is 0 Å². The van der Waals surface area contributed by atoms with Gasteiger partial charge in [-0.1, -0.05) is 22.9 Å². The number of carbonyl (C=O) groups excluding carboxylic acids is 1. The molecule has 0 saturated carbocycles. The average Bonchev–Trinajstić information content (AvgIpc) is 2.15. The molecule has 0 spiro atoms. The second-order valence-corrected chi connectivity index (χ2v) is 5.30. The maximum Gasteiger partial charge on any atom is 0.236 e. The quantitative estimate of drug-likeness (QED) is 0.768. The Hall–Kier alpha value is -0.0900. The third kappa shape index (κ3) is 2.95. The lowest BCUT2D eigenvalue weighted by molar-refractivity contribution is -0.134. The Morgan fingerprint density at radius 2 is 2.07 bits per heavy atom. The second-order valence-electron chi connectivity index (χ2n) is 4.20. The number of alkyl halides is 1. The van der Waals surface area contributed by atoms with E-state index < -0.39 is 5.60 Å². The lowest BCUT2D eigenvalue weighted by atomic mass is 9.94. The highest BCUT2D eigenvalue weighted by Gasteiger charge is 2.31. The van der Waals surface area contributed by atoms with Crippen molar-refractivity contribution in [2.45, 2.75) is 43.5 Å². The SMILES string of the molecule is CCC(Br)C(=O)N1CCC(C)(O)CC1. The summed E-state index contributed by atoms with van der Waals surface area (Å²) in [6.45, 7) is 5.17. The van der Waals surface area contributed by atoms with E-state index >= 15 is 0 Å². The first-order valence-electron chi connectivity index (χ1n) is 5.11. The summed E-state index contributed by atoms with van der Waals surface area (Å²) in [6, 6.07) is 0. The number of hydrogen-bond donors (Lipinski definition) is 1. The monoisotopic (exact) mass is 263 g/mol. The minimum Gasteiger partial charge on any atom is -0.390 e. The fraction of sp³-hybridized carbons (Fsp3) is 0.900. The fourth-order valence-corrected chi connectivity index (χ4v) is 1.87. The third-order valence-electron chi connectivity index (χ3n) is 2.78. The molecule has 4 heteroatoms. The Morgan fingerprint density at radius 3 is 2.50 bits per heavy atom. The molecule has 82 valence electrons. The van der Waals surface area contributed by atoms with Gasteiger partial charge in [-0.05, 0) is 26.2 Å². The molecule has 0 aromatic rings. The number of carbonyl (C=O) groups is 1. The van der Waals surface area contributed by atoms with Gasteiger partial charge in [0.1, 0.15) is 0 Å². The molecule has 1 heterocycles. The summed E-state index contributed by atoms with van der Waals surface area (Å²) in [5.74, 6) is 0.156. The van der Waals surface area contributed by atoms with Crippen molar-refractivity contribution in [3.63, 3.8) is 0 Å². The van der Waals surface area contributed by atoms with Crippen molar-refractivity contribution < 1.29 is 9.90 Å². The summed E-state index contributed by atoms with van der Waals surface area (Å²) in [7, 11) is 0. The zero-order valence-corrected chi connectivity index (χ0v) is 10.4. The van der Waals surface area contributed by atoms with E-state index in [1.165, 1.54) is 0 Å². The zero-order valence-electron chi connectivity index (χ0n) is 8.79. The maximum atomic E-state index is 11.7. The normalized spacial score (nSPS) is 23.3. The van der Waals surface area contributed by atoms with Crippen molar-refractivity contribution in [2.75, 3.05) is 13.1 Å². The number of likely N-dealkylation sites (tertiary alicyclic amines) is 1. The molecule has 1 N–H and O–H groups in total. The Balaban J connectivity index is 2.46. The van der Waals surface area contributed by atoms with Crippen LogP contribution in [0.25, 0.3) is 0 Å². The summed E-state index contributed by atoms with van der Waals surface area (Å²) in [6.07, 6.45) is 2.18. The molecule has 3 nitrogen and oxygen atoms in total. The van der Waals surface area contributed by atoms with Crippen molar-refractivity contribution in [1.82, 2.24) is 4.90 Å². The van der Waals surface area contributed by atoms with Gasteiger partial charge in [-0.15, -0.1) is 0 Å². The van der Waals surface area contributed by atoms with Gasteiger partial charge >= 0.3 is 0 Å². The molecule has 0 radical (unpaired) electrons. The minimum absolute atomic E-state index is 0.0643. The second kappa shape index (κ2) is 4.62. The predicted molar refractivity (Wildman–Crippen MR) is 59.4 cm³/mol. The van der Waals surface area contributed by atoms with E-state index in [0.29, 0.717) is 25.9 Å². The number of halogens is 1. The van der Waals surface area contributed by atoms with Gasteiger partial charge in [0, 0.05) is 13.1 Å². The molecule has 0 bridgehead atoms. The summed E-state index contributed by atoms with van der Waals surface area (Å²) in [4.78, 5) is 13.5. The summed E-state index contributed by atoms with van der Waals surface area (Å²) >= 11 is 3.35. The molecule has 1 fully saturated rings. The molecular weight excluding hydrogens is 246 g/mol. The van der Waals surface area contributed by atoms with Gasteiger partial charge < -0.3 is 10.0 Å². The molecule has 14 heavy (non-hydrogen) atoms. The number of aliphatic hydroxyl groups is 1. The highest BCUT2D eigenvalue weighted by molar-refractivity contribution is 9.10. The third-order valence-corrected chi connectivity index (χ3v) is 3.82. The van der Waals surface area contributed by atoms with E-state index in [9.17, 15) is 9.90 Å². The van der Waals surface area contributed by atoms with Crippen molar-refractivity contribution in [1.29, 1.82) is 0 Å². The maximum absolute atomic E-state index is 11.7. The van der Waals surface area contributed by atoms with E-state index in [1.807, 2.05) is 18.7 Å². The summed E-state index contributed by atoms with van der Waals surface area (Å²) in [5, 5.41) is 9.72.